The zero-order chi connectivity index (χ0) is 12.1. The molecule has 0 heterocycles. The third-order valence-corrected chi connectivity index (χ3v) is 1.93. The Kier molecular flexibility index (Phi) is 4.25. The zero-order valence-electron chi connectivity index (χ0n) is 8.17. The number of halogens is 2. The van der Waals surface area contributed by atoms with Gasteiger partial charge in [0.05, 0.1) is 6.42 Å². The van der Waals surface area contributed by atoms with E-state index in [-0.39, 0.29) is 23.6 Å². The van der Waals surface area contributed by atoms with Gasteiger partial charge in [-0.15, -0.1) is 0 Å². The van der Waals surface area contributed by atoms with Crippen LogP contribution in [0.3, 0.4) is 0 Å². The Bertz CT molecular complexity index is 402. The molecule has 0 unspecified atom stereocenters. The van der Waals surface area contributed by atoms with E-state index in [1.54, 1.807) is 0 Å². The van der Waals surface area contributed by atoms with Gasteiger partial charge in [0.25, 0.3) is 0 Å². The predicted molar refractivity (Wildman–Crippen MR) is 56.9 cm³/mol. The second-order valence-electron chi connectivity index (χ2n) is 3.10. The van der Waals surface area contributed by atoms with Crippen molar-refractivity contribution in [2.24, 2.45) is 0 Å². The van der Waals surface area contributed by atoms with Crippen LogP contribution in [0.2, 0.25) is 5.02 Å². The quantitative estimate of drug-likeness (QED) is 0.855. The van der Waals surface area contributed by atoms with Crippen LogP contribution in [0.4, 0.5) is 10.1 Å². The van der Waals surface area contributed by atoms with Crippen LogP contribution in [-0.4, -0.2) is 17.0 Å². The fourth-order valence-electron chi connectivity index (χ4n) is 1.07. The molecule has 0 fully saturated rings. The summed E-state index contributed by atoms with van der Waals surface area (Å²) in [6.45, 7) is 0. The van der Waals surface area contributed by atoms with E-state index in [9.17, 15) is 14.0 Å². The maximum atomic E-state index is 12.9. The predicted octanol–water partition coefficient (Wildman–Crippen LogP) is 2.28. The molecule has 4 nitrogen and oxygen atoms in total. The summed E-state index contributed by atoms with van der Waals surface area (Å²) in [6.07, 6.45) is -0.432. The molecule has 0 aliphatic rings. The number of anilines is 1. The van der Waals surface area contributed by atoms with E-state index >= 15 is 0 Å². The van der Waals surface area contributed by atoms with Gasteiger partial charge in [-0.2, -0.15) is 0 Å². The standard InChI is InChI=1S/C10H9ClFNO3/c11-6-3-7(12)5-8(4-6)13-9(14)1-2-10(15)16/h3-5H,1-2H2,(H,13,14)(H,15,16). The highest BCUT2D eigenvalue weighted by atomic mass is 35.5. The maximum absolute atomic E-state index is 12.9. The molecule has 16 heavy (non-hydrogen) atoms. The van der Waals surface area contributed by atoms with Crippen LogP contribution in [-0.2, 0) is 9.59 Å². The van der Waals surface area contributed by atoms with Gasteiger partial charge in [0.15, 0.2) is 0 Å². The molecule has 0 saturated heterocycles. The van der Waals surface area contributed by atoms with Crippen molar-refractivity contribution in [3.05, 3.63) is 29.0 Å². The van der Waals surface area contributed by atoms with E-state index < -0.39 is 17.7 Å². The number of hydrogen-bond donors (Lipinski definition) is 2. The number of hydrogen-bond acceptors (Lipinski definition) is 2. The Labute approximate surface area is 96.0 Å². The van der Waals surface area contributed by atoms with E-state index in [1.165, 1.54) is 6.07 Å². The summed E-state index contributed by atoms with van der Waals surface area (Å²) in [5.41, 5.74) is 0.209. The van der Waals surface area contributed by atoms with Crippen LogP contribution in [0.5, 0.6) is 0 Å². The molecule has 0 saturated carbocycles. The molecule has 0 bridgehead atoms. The lowest BCUT2D eigenvalue weighted by atomic mass is 10.2. The van der Waals surface area contributed by atoms with Gasteiger partial charge in [0, 0.05) is 17.1 Å². The number of carboxylic acids is 1. The van der Waals surface area contributed by atoms with Crippen molar-refractivity contribution in [1.29, 1.82) is 0 Å². The van der Waals surface area contributed by atoms with Crippen molar-refractivity contribution >= 4 is 29.2 Å². The molecule has 1 rings (SSSR count). The fourth-order valence-corrected chi connectivity index (χ4v) is 1.29. The van der Waals surface area contributed by atoms with Gasteiger partial charge in [-0.05, 0) is 18.2 Å². The first-order valence-corrected chi connectivity index (χ1v) is 4.83. The van der Waals surface area contributed by atoms with Gasteiger partial charge < -0.3 is 10.4 Å². The average molecular weight is 246 g/mol. The first kappa shape index (κ1) is 12.4. The number of amides is 1. The number of carbonyl (C=O) groups excluding carboxylic acids is 1. The molecule has 0 atom stereocenters. The van der Waals surface area contributed by atoms with Crippen molar-refractivity contribution < 1.29 is 19.1 Å². The lowest BCUT2D eigenvalue weighted by Gasteiger charge is -2.04. The number of rotatable bonds is 4. The molecule has 86 valence electrons. The molecule has 0 aliphatic carbocycles. The van der Waals surface area contributed by atoms with Gasteiger partial charge >= 0.3 is 5.97 Å². The average Bonchev–Trinajstić information content (AvgIpc) is 2.12. The topological polar surface area (TPSA) is 66.4 Å². The number of carbonyl (C=O) groups is 2. The number of benzene rings is 1. The summed E-state index contributed by atoms with van der Waals surface area (Å²) in [7, 11) is 0. The zero-order valence-corrected chi connectivity index (χ0v) is 8.92. The van der Waals surface area contributed by atoms with Crippen molar-refractivity contribution in [3.63, 3.8) is 0 Å². The number of carboxylic acid groups (broad SMARTS) is 1. The first-order valence-electron chi connectivity index (χ1n) is 4.45. The maximum Gasteiger partial charge on any atom is 0.303 e. The summed E-state index contributed by atoms with van der Waals surface area (Å²) in [6, 6.07) is 3.59. The molecular formula is C10H9ClFNO3. The highest BCUT2D eigenvalue weighted by molar-refractivity contribution is 6.30. The Morgan fingerprint density at radius 2 is 2.00 bits per heavy atom. The molecule has 0 aromatic heterocycles. The van der Waals surface area contributed by atoms with Crippen LogP contribution in [0.1, 0.15) is 12.8 Å². The lowest BCUT2D eigenvalue weighted by molar-refractivity contribution is -0.138. The minimum Gasteiger partial charge on any atom is -0.481 e. The van der Waals surface area contributed by atoms with E-state index in [1.807, 2.05) is 0 Å². The molecule has 6 heteroatoms. The second-order valence-corrected chi connectivity index (χ2v) is 3.54. The van der Waals surface area contributed by atoms with Crippen molar-refractivity contribution in [1.82, 2.24) is 0 Å². The van der Waals surface area contributed by atoms with Crippen LogP contribution in [0.25, 0.3) is 0 Å². The summed E-state index contributed by atoms with van der Waals surface area (Å²) < 4.78 is 12.9. The number of nitrogens with one attached hydrogen (secondary N) is 1. The van der Waals surface area contributed by atoms with E-state index in [2.05, 4.69) is 5.32 Å². The number of aliphatic carboxylic acids is 1. The monoisotopic (exact) mass is 245 g/mol. The second kappa shape index (κ2) is 5.46. The SMILES string of the molecule is O=C(O)CCC(=O)Nc1cc(F)cc(Cl)c1. The third kappa shape index (κ3) is 4.27. The van der Waals surface area contributed by atoms with Crippen molar-refractivity contribution in [2.75, 3.05) is 5.32 Å². The smallest absolute Gasteiger partial charge is 0.303 e. The first-order chi connectivity index (χ1) is 7.47. The van der Waals surface area contributed by atoms with Gasteiger partial charge in [-0.1, -0.05) is 11.6 Å². The van der Waals surface area contributed by atoms with Gasteiger partial charge in [0.1, 0.15) is 5.82 Å². The van der Waals surface area contributed by atoms with E-state index in [4.69, 9.17) is 16.7 Å². The summed E-state index contributed by atoms with van der Waals surface area (Å²) in [4.78, 5) is 21.4. The van der Waals surface area contributed by atoms with Gasteiger partial charge in [-0.25, -0.2) is 4.39 Å². The Balaban J connectivity index is 2.59. The molecular weight excluding hydrogens is 237 g/mol. The molecule has 0 aliphatic heterocycles. The minimum atomic E-state index is -1.06. The lowest BCUT2D eigenvalue weighted by Crippen LogP contribution is -2.13. The summed E-state index contributed by atoms with van der Waals surface area (Å²) in [5, 5.41) is 10.9. The fraction of sp³-hybridized carbons (Fsp3) is 0.200. The Morgan fingerprint density at radius 1 is 1.31 bits per heavy atom. The van der Waals surface area contributed by atoms with E-state index in [0.29, 0.717) is 0 Å². The normalized spacial score (nSPS) is 9.88. The molecule has 2 N–H and O–H groups in total. The van der Waals surface area contributed by atoms with Crippen molar-refractivity contribution in [3.8, 4) is 0 Å². The summed E-state index contributed by atoms with van der Waals surface area (Å²) >= 11 is 5.58. The Morgan fingerprint density at radius 3 is 2.56 bits per heavy atom. The van der Waals surface area contributed by atoms with Gasteiger partial charge in [-0.3, -0.25) is 9.59 Å². The largest absolute Gasteiger partial charge is 0.481 e. The molecule has 1 aromatic rings. The van der Waals surface area contributed by atoms with Gasteiger partial charge in [0.2, 0.25) is 5.91 Å². The van der Waals surface area contributed by atoms with Crippen LogP contribution < -0.4 is 5.32 Å². The molecule has 1 amide bonds. The molecule has 1 aromatic carbocycles. The molecule has 0 spiro atoms. The Hall–Kier alpha value is -1.62. The third-order valence-electron chi connectivity index (χ3n) is 1.71. The van der Waals surface area contributed by atoms with Crippen LogP contribution in [0, 0.1) is 5.82 Å². The van der Waals surface area contributed by atoms with Crippen LogP contribution >= 0.6 is 11.6 Å². The minimum absolute atomic E-state index is 0.161. The highest BCUT2D eigenvalue weighted by Gasteiger charge is 2.07. The van der Waals surface area contributed by atoms with Crippen molar-refractivity contribution in [2.45, 2.75) is 12.8 Å². The van der Waals surface area contributed by atoms with Crippen LogP contribution in [0.15, 0.2) is 18.2 Å². The summed E-state index contributed by atoms with van der Waals surface area (Å²) in [5.74, 6) is -2.13. The molecule has 0 radical (unpaired) electrons. The van der Waals surface area contributed by atoms with E-state index in [0.717, 1.165) is 12.1 Å². The highest BCUT2D eigenvalue weighted by Crippen LogP contribution is 2.18.